The molecule has 248 valence electrons. The van der Waals surface area contributed by atoms with Crippen molar-refractivity contribution >= 4 is 50.7 Å². The number of sulfonamides is 1. The first-order chi connectivity index (χ1) is 21.7. The van der Waals surface area contributed by atoms with E-state index in [0.717, 1.165) is 52.0 Å². The summed E-state index contributed by atoms with van der Waals surface area (Å²) in [6.07, 6.45) is 7.66. The van der Waals surface area contributed by atoms with Crippen LogP contribution in [-0.4, -0.2) is 88.2 Å². The van der Waals surface area contributed by atoms with Crippen LogP contribution in [0.1, 0.15) is 50.5 Å². The van der Waals surface area contributed by atoms with Crippen molar-refractivity contribution in [3.8, 4) is 0 Å². The number of piperidine rings is 1. The number of aryl methyl sites for hydroxylation is 1. The number of rotatable bonds is 12. The van der Waals surface area contributed by atoms with Gasteiger partial charge in [-0.25, -0.2) is 8.42 Å². The van der Waals surface area contributed by atoms with Crippen LogP contribution in [-0.2, 0) is 30.7 Å². The van der Waals surface area contributed by atoms with Gasteiger partial charge in [-0.15, -0.1) is 0 Å². The number of hydrogen-bond donors (Lipinski definition) is 1. The van der Waals surface area contributed by atoms with Gasteiger partial charge in [0.05, 0.1) is 29.4 Å². The molecular formula is C33H44Cl3N3O5S. The fourth-order valence-electron chi connectivity index (χ4n) is 7.03. The van der Waals surface area contributed by atoms with Gasteiger partial charge in [0, 0.05) is 43.8 Å². The number of ether oxygens (including phenoxy) is 2. The van der Waals surface area contributed by atoms with Gasteiger partial charge < -0.3 is 14.8 Å². The SMILES string of the molecule is O=C(COC1CCCN(S(=O)(=O)c2c(Cl)cc(Cl)cc2Cl)C1)NCC1CCC(C(CCc2ccccc2)N2CCOCC2)CC1. The summed E-state index contributed by atoms with van der Waals surface area (Å²) in [6, 6.07) is 14.0. The Labute approximate surface area is 282 Å². The van der Waals surface area contributed by atoms with Crippen molar-refractivity contribution in [3.05, 3.63) is 63.1 Å². The molecule has 5 rings (SSSR count). The molecule has 2 heterocycles. The van der Waals surface area contributed by atoms with E-state index in [9.17, 15) is 13.2 Å². The maximum atomic E-state index is 13.3. The molecule has 0 bridgehead atoms. The predicted octanol–water partition coefficient (Wildman–Crippen LogP) is 6.07. The Kier molecular flexibility index (Phi) is 12.9. The van der Waals surface area contributed by atoms with Gasteiger partial charge in [0.25, 0.3) is 0 Å². The molecule has 2 saturated heterocycles. The molecule has 2 atom stereocenters. The molecule has 2 aliphatic heterocycles. The van der Waals surface area contributed by atoms with E-state index in [1.807, 2.05) is 0 Å². The molecule has 12 heteroatoms. The Balaban J connectivity index is 1.05. The van der Waals surface area contributed by atoms with Crippen LogP contribution in [0.2, 0.25) is 15.1 Å². The molecule has 8 nitrogen and oxygen atoms in total. The molecule has 1 N–H and O–H groups in total. The van der Waals surface area contributed by atoms with Crippen molar-refractivity contribution in [2.75, 3.05) is 52.5 Å². The molecule has 1 saturated carbocycles. The number of halogens is 3. The number of carbonyl (C=O) groups excluding carboxylic acids is 1. The van der Waals surface area contributed by atoms with Crippen LogP contribution >= 0.6 is 34.8 Å². The van der Waals surface area contributed by atoms with E-state index in [4.69, 9.17) is 44.3 Å². The Morgan fingerprint density at radius 2 is 1.67 bits per heavy atom. The highest BCUT2D eigenvalue weighted by atomic mass is 35.5. The van der Waals surface area contributed by atoms with Crippen LogP contribution in [0.3, 0.4) is 0 Å². The Morgan fingerprint density at radius 3 is 2.36 bits per heavy atom. The number of nitrogens with one attached hydrogen (secondary N) is 1. The number of carbonyl (C=O) groups is 1. The molecular weight excluding hydrogens is 657 g/mol. The number of nitrogens with zero attached hydrogens (tertiary/aromatic N) is 2. The third-order valence-corrected chi connectivity index (χ3v) is 12.5. The minimum Gasteiger partial charge on any atom is -0.379 e. The van der Waals surface area contributed by atoms with Gasteiger partial charge in [-0.1, -0.05) is 65.1 Å². The molecule has 2 aromatic carbocycles. The second-order valence-electron chi connectivity index (χ2n) is 12.5. The van der Waals surface area contributed by atoms with E-state index in [-0.39, 0.29) is 39.0 Å². The number of morpholine rings is 1. The fraction of sp³-hybridized carbons (Fsp3) is 0.606. The first-order valence-corrected chi connectivity index (χ1v) is 18.7. The maximum absolute atomic E-state index is 13.3. The average molecular weight is 701 g/mol. The van der Waals surface area contributed by atoms with E-state index < -0.39 is 16.1 Å². The highest BCUT2D eigenvalue weighted by Gasteiger charge is 2.35. The van der Waals surface area contributed by atoms with Crippen molar-refractivity contribution in [2.24, 2.45) is 11.8 Å². The Bertz CT molecular complexity index is 1350. The van der Waals surface area contributed by atoms with Crippen molar-refractivity contribution in [1.29, 1.82) is 0 Å². The quantitative estimate of drug-likeness (QED) is 0.289. The molecule has 2 unspecified atom stereocenters. The lowest BCUT2D eigenvalue weighted by Crippen LogP contribution is -2.48. The number of hydrogen-bond acceptors (Lipinski definition) is 6. The summed E-state index contributed by atoms with van der Waals surface area (Å²) >= 11 is 18.4. The largest absolute Gasteiger partial charge is 0.379 e. The Hall–Kier alpha value is -1.43. The summed E-state index contributed by atoms with van der Waals surface area (Å²) in [5, 5.41) is 3.29. The molecule has 45 heavy (non-hydrogen) atoms. The summed E-state index contributed by atoms with van der Waals surface area (Å²) in [6.45, 7) is 4.62. The van der Waals surface area contributed by atoms with Crippen LogP contribution in [0.25, 0.3) is 0 Å². The van der Waals surface area contributed by atoms with Gasteiger partial charge in [0.15, 0.2) is 0 Å². The zero-order valence-corrected chi connectivity index (χ0v) is 28.7. The average Bonchev–Trinajstić information content (AvgIpc) is 3.04. The molecule has 0 spiro atoms. The first kappa shape index (κ1) is 34.9. The molecule has 0 aromatic heterocycles. The van der Waals surface area contributed by atoms with Crippen LogP contribution in [0.15, 0.2) is 47.4 Å². The molecule has 3 aliphatic rings. The van der Waals surface area contributed by atoms with Gasteiger partial charge in [-0.3, -0.25) is 9.69 Å². The summed E-state index contributed by atoms with van der Waals surface area (Å²) in [7, 11) is -3.95. The number of amides is 1. The van der Waals surface area contributed by atoms with Crippen molar-refractivity contribution < 1.29 is 22.7 Å². The third-order valence-electron chi connectivity index (χ3n) is 9.46. The highest BCUT2D eigenvalue weighted by Crippen LogP contribution is 2.36. The maximum Gasteiger partial charge on any atom is 0.246 e. The van der Waals surface area contributed by atoms with E-state index >= 15 is 0 Å². The van der Waals surface area contributed by atoms with E-state index in [1.165, 1.54) is 34.8 Å². The lowest BCUT2D eigenvalue weighted by molar-refractivity contribution is -0.128. The monoisotopic (exact) mass is 699 g/mol. The van der Waals surface area contributed by atoms with Gasteiger partial charge in [-0.2, -0.15) is 4.31 Å². The van der Waals surface area contributed by atoms with Gasteiger partial charge in [0.2, 0.25) is 15.9 Å². The summed E-state index contributed by atoms with van der Waals surface area (Å²) in [5.41, 5.74) is 1.40. The fourth-order valence-corrected chi connectivity index (χ4v) is 10.0. The normalized spacial score (nSPS) is 24.3. The molecule has 2 aromatic rings. The van der Waals surface area contributed by atoms with E-state index in [0.29, 0.717) is 43.8 Å². The second-order valence-corrected chi connectivity index (χ2v) is 15.6. The van der Waals surface area contributed by atoms with E-state index in [2.05, 4.69) is 40.5 Å². The summed E-state index contributed by atoms with van der Waals surface area (Å²) in [4.78, 5) is 15.2. The lowest BCUT2D eigenvalue weighted by Gasteiger charge is -2.42. The smallest absolute Gasteiger partial charge is 0.246 e. The van der Waals surface area contributed by atoms with Crippen LogP contribution in [0, 0.1) is 11.8 Å². The van der Waals surface area contributed by atoms with E-state index in [1.54, 1.807) is 0 Å². The minimum atomic E-state index is -3.95. The highest BCUT2D eigenvalue weighted by molar-refractivity contribution is 7.89. The topological polar surface area (TPSA) is 88.2 Å². The predicted molar refractivity (Wildman–Crippen MR) is 179 cm³/mol. The zero-order chi connectivity index (χ0) is 31.8. The lowest BCUT2D eigenvalue weighted by atomic mass is 9.76. The zero-order valence-electron chi connectivity index (χ0n) is 25.6. The van der Waals surface area contributed by atoms with Gasteiger partial charge in [0.1, 0.15) is 11.5 Å². The van der Waals surface area contributed by atoms with Crippen LogP contribution in [0.5, 0.6) is 0 Å². The standard InChI is InChI=1S/C33H44Cl3N3O5S/c34-27-19-29(35)33(30(36)20-27)45(41,42)39-14-4-7-28(22-39)44-23-32(40)37-21-25-8-11-26(12-9-25)31(38-15-17-43-18-16-38)13-10-24-5-2-1-3-6-24/h1-3,5-6,19-20,25-26,28,31H,4,7-18,21-23H2,(H,37,40). The molecule has 0 radical (unpaired) electrons. The summed E-state index contributed by atoms with van der Waals surface area (Å²) in [5.74, 6) is 0.939. The van der Waals surface area contributed by atoms with Crippen molar-refractivity contribution in [3.63, 3.8) is 0 Å². The van der Waals surface area contributed by atoms with Crippen molar-refractivity contribution in [2.45, 2.75) is 68.4 Å². The number of benzene rings is 2. The first-order valence-electron chi connectivity index (χ1n) is 16.1. The summed E-state index contributed by atoms with van der Waals surface area (Å²) < 4.78 is 39.5. The van der Waals surface area contributed by atoms with Crippen molar-refractivity contribution in [1.82, 2.24) is 14.5 Å². The van der Waals surface area contributed by atoms with Crippen LogP contribution < -0.4 is 5.32 Å². The van der Waals surface area contributed by atoms with Gasteiger partial charge >= 0.3 is 0 Å². The van der Waals surface area contributed by atoms with Gasteiger partial charge in [-0.05, 0) is 80.9 Å². The molecule has 1 amide bonds. The third kappa shape index (κ3) is 9.57. The minimum absolute atomic E-state index is 0.0206. The second kappa shape index (κ2) is 16.6. The van der Waals surface area contributed by atoms with Crippen LogP contribution in [0.4, 0.5) is 0 Å². The molecule has 1 aliphatic carbocycles. The molecule has 3 fully saturated rings. The Morgan fingerprint density at radius 1 is 0.978 bits per heavy atom.